The van der Waals surface area contributed by atoms with E-state index in [1.807, 2.05) is 0 Å². The molecular weight excluding hydrogens is 288 g/mol. The van der Waals surface area contributed by atoms with E-state index < -0.39 is 0 Å². The Kier molecular flexibility index (Phi) is 5.66. The SMILES string of the molecule is O=C1CCCCC1CC1CCCC(CC2CCCCC2=O)C1=O. The molecule has 0 amide bonds. The average Bonchev–Trinajstić information content (AvgIpc) is 2.55. The highest BCUT2D eigenvalue weighted by molar-refractivity contribution is 5.87. The zero-order chi connectivity index (χ0) is 16.2. The molecular formula is C20H30O3. The van der Waals surface area contributed by atoms with Gasteiger partial charge in [0.15, 0.2) is 0 Å². The molecule has 4 unspecified atom stereocenters. The van der Waals surface area contributed by atoms with Crippen LogP contribution < -0.4 is 0 Å². The fourth-order valence-corrected chi connectivity index (χ4v) is 4.99. The third kappa shape index (κ3) is 4.10. The van der Waals surface area contributed by atoms with Crippen LogP contribution in [0.5, 0.6) is 0 Å². The molecule has 0 aromatic rings. The summed E-state index contributed by atoms with van der Waals surface area (Å²) in [6.45, 7) is 0. The van der Waals surface area contributed by atoms with E-state index in [2.05, 4.69) is 0 Å². The maximum absolute atomic E-state index is 12.9. The fourth-order valence-electron chi connectivity index (χ4n) is 4.99. The molecule has 0 aromatic carbocycles. The quantitative estimate of drug-likeness (QED) is 0.777. The van der Waals surface area contributed by atoms with E-state index in [1.54, 1.807) is 0 Å². The fraction of sp³-hybridized carbons (Fsp3) is 0.850. The second-order valence-electron chi connectivity index (χ2n) is 8.02. The highest BCUT2D eigenvalue weighted by Gasteiger charge is 2.37. The van der Waals surface area contributed by atoms with Crippen molar-refractivity contribution in [1.29, 1.82) is 0 Å². The Morgan fingerprint density at radius 1 is 0.565 bits per heavy atom. The van der Waals surface area contributed by atoms with E-state index in [4.69, 9.17) is 0 Å². The van der Waals surface area contributed by atoms with Crippen LogP contribution in [-0.2, 0) is 14.4 Å². The minimum absolute atomic E-state index is 0.0829. The van der Waals surface area contributed by atoms with Gasteiger partial charge in [-0.1, -0.05) is 19.3 Å². The van der Waals surface area contributed by atoms with Crippen molar-refractivity contribution >= 4 is 17.3 Å². The number of rotatable bonds is 4. The summed E-state index contributed by atoms with van der Waals surface area (Å²) in [5, 5.41) is 0. The van der Waals surface area contributed by atoms with Gasteiger partial charge in [-0.2, -0.15) is 0 Å². The highest BCUT2D eigenvalue weighted by atomic mass is 16.1. The van der Waals surface area contributed by atoms with Crippen molar-refractivity contribution in [3.05, 3.63) is 0 Å². The summed E-state index contributed by atoms with van der Waals surface area (Å²) >= 11 is 0. The molecule has 0 aliphatic heterocycles. The van der Waals surface area contributed by atoms with Crippen LogP contribution in [0.4, 0.5) is 0 Å². The Hall–Kier alpha value is -0.990. The van der Waals surface area contributed by atoms with Crippen molar-refractivity contribution in [2.45, 2.75) is 83.5 Å². The predicted molar refractivity (Wildman–Crippen MR) is 89.0 cm³/mol. The summed E-state index contributed by atoms with van der Waals surface area (Å²) in [7, 11) is 0. The molecule has 0 bridgehead atoms. The zero-order valence-corrected chi connectivity index (χ0v) is 14.2. The van der Waals surface area contributed by atoms with Crippen molar-refractivity contribution < 1.29 is 14.4 Å². The average molecular weight is 318 g/mol. The summed E-state index contributed by atoms with van der Waals surface area (Å²) in [5.41, 5.74) is 0. The number of hydrogen-bond donors (Lipinski definition) is 0. The van der Waals surface area contributed by atoms with E-state index >= 15 is 0 Å². The Morgan fingerprint density at radius 2 is 1.00 bits per heavy atom. The molecule has 23 heavy (non-hydrogen) atoms. The number of carbonyl (C=O) groups is 3. The molecule has 0 aromatic heterocycles. The van der Waals surface area contributed by atoms with E-state index in [0.717, 1.165) is 70.6 Å². The second kappa shape index (κ2) is 7.72. The molecule has 3 fully saturated rings. The second-order valence-corrected chi connectivity index (χ2v) is 8.02. The number of Topliss-reactive ketones (excluding diaryl/α,β-unsaturated/α-hetero) is 3. The molecule has 0 heterocycles. The molecule has 3 nitrogen and oxygen atoms in total. The van der Waals surface area contributed by atoms with Crippen molar-refractivity contribution in [3.8, 4) is 0 Å². The molecule has 3 heteroatoms. The number of carbonyl (C=O) groups excluding carboxylic acids is 3. The van der Waals surface area contributed by atoms with Crippen molar-refractivity contribution in [2.75, 3.05) is 0 Å². The van der Waals surface area contributed by atoms with Gasteiger partial charge in [0.05, 0.1) is 0 Å². The summed E-state index contributed by atoms with van der Waals surface area (Å²) < 4.78 is 0. The minimum Gasteiger partial charge on any atom is -0.299 e. The smallest absolute Gasteiger partial charge is 0.139 e. The first kappa shape index (κ1) is 16.9. The largest absolute Gasteiger partial charge is 0.299 e. The van der Waals surface area contributed by atoms with Gasteiger partial charge in [-0.25, -0.2) is 0 Å². The monoisotopic (exact) mass is 318 g/mol. The first-order chi connectivity index (χ1) is 11.1. The molecule has 3 saturated carbocycles. The van der Waals surface area contributed by atoms with Crippen LogP contribution in [0, 0.1) is 23.7 Å². The van der Waals surface area contributed by atoms with E-state index in [9.17, 15) is 14.4 Å². The summed E-state index contributed by atoms with van der Waals surface area (Å²) in [6, 6.07) is 0. The summed E-state index contributed by atoms with van der Waals surface area (Å²) in [6.07, 6.45) is 12.3. The Bertz CT molecular complexity index is 428. The molecule has 128 valence electrons. The van der Waals surface area contributed by atoms with Gasteiger partial charge in [-0.15, -0.1) is 0 Å². The van der Waals surface area contributed by atoms with Gasteiger partial charge in [-0.3, -0.25) is 14.4 Å². The lowest BCUT2D eigenvalue weighted by atomic mass is 9.70. The van der Waals surface area contributed by atoms with Crippen molar-refractivity contribution in [2.24, 2.45) is 23.7 Å². The topological polar surface area (TPSA) is 51.2 Å². The van der Waals surface area contributed by atoms with Crippen molar-refractivity contribution in [3.63, 3.8) is 0 Å². The van der Waals surface area contributed by atoms with Gasteiger partial charge >= 0.3 is 0 Å². The lowest BCUT2D eigenvalue weighted by Gasteiger charge is -2.33. The summed E-state index contributed by atoms with van der Waals surface area (Å²) in [5.74, 6) is 1.56. The lowest BCUT2D eigenvalue weighted by molar-refractivity contribution is -0.133. The third-order valence-corrected chi connectivity index (χ3v) is 6.41. The van der Waals surface area contributed by atoms with Crippen LogP contribution in [0.2, 0.25) is 0 Å². The van der Waals surface area contributed by atoms with Gasteiger partial charge in [0.2, 0.25) is 0 Å². The van der Waals surface area contributed by atoms with Gasteiger partial charge in [0.25, 0.3) is 0 Å². The first-order valence-electron chi connectivity index (χ1n) is 9.74. The number of hydrogen-bond acceptors (Lipinski definition) is 3. The Balaban J connectivity index is 1.57. The van der Waals surface area contributed by atoms with Gasteiger partial charge in [-0.05, 0) is 51.4 Å². The standard InChI is InChI=1S/C20H30O3/c21-18-10-3-1-6-14(18)12-16-8-5-9-17(20(16)23)13-15-7-2-4-11-19(15)22/h14-17H,1-13H2. The lowest BCUT2D eigenvalue weighted by Crippen LogP contribution is -2.34. The highest BCUT2D eigenvalue weighted by Crippen LogP contribution is 2.38. The maximum atomic E-state index is 12.9. The van der Waals surface area contributed by atoms with Crippen LogP contribution in [0.15, 0.2) is 0 Å². The van der Waals surface area contributed by atoms with Crippen LogP contribution in [0.3, 0.4) is 0 Å². The Labute approximate surface area is 139 Å². The van der Waals surface area contributed by atoms with Crippen LogP contribution in [-0.4, -0.2) is 17.3 Å². The van der Waals surface area contributed by atoms with Gasteiger partial charge < -0.3 is 0 Å². The summed E-state index contributed by atoms with van der Waals surface area (Å²) in [4.78, 5) is 37.0. The molecule has 3 aliphatic carbocycles. The molecule has 0 N–H and O–H groups in total. The molecule has 0 saturated heterocycles. The van der Waals surface area contributed by atoms with Gasteiger partial charge in [0.1, 0.15) is 17.3 Å². The molecule has 3 aliphatic rings. The first-order valence-corrected chi connectivity index (χ1v) is 9.74. The molecule has 3 rings (SSSR count). The van der Waals surface area contributed by atoms with Crippen LogP contribution in [0.1, 0.15) is 83.5 Å². The normalized spacial score (nSPS) is 36.3. The molecule has 0 spiro atoms. The van der Waals surface area contributed by atoms with Crippen LogP contribution >= 0.6 is 0 Å². The van der Waals surface area contributed by atoms with E-state index in [0.29, 0.717) is 30.2 Å². The zero-order valence-electron chi connectivity index (χ0n) is 14.2. The molecule has 0 radical (unpaired) electrons. The predicted octanol–water partition coefficient (Wildman–Crippen LogP) is 4.27. The maximum Gasteiger partial charge on any atom is 0.139 e. The molecule has 4 atom stereocenters. The van der Waals surface area contributed by atoms with Crippen molar-refractivity contribution in [1.82, 2.24) is 0 Å². The third-order valence-electron chi connectivity index (χ3n) is 6.41. The Morgan fingerprint density at radius 3 is 1.43 bits per heavy atom. The van der Waals surface area contributed by atoms with Crippen LogP contribution in [0.25, 0.3) is 0 Å². The number of ketones is 3. The van der Waals surface area contributed by atoms with E-state index in [1.165, 1.54) is 0 Å². The van der Waals surface area contributed by atoms with E-state index in [-0.39, 0.29) is 23.7 Å². The minimum atomic E-state index is 0.0829. The van der Waals surface area contributed by atoms with Gasteiger partial charge in [0, 0.05) is 36.5 Å².